The molecule has 11 heteroatoms. The van der Waals surface area contributed by atoms with E-state index in [1.54, 1.807) is 0 Å². The van der Waals surface area contributed by atoms with Gasteiger partial charge >= 0.3 is 0 Å². The minimum atomic E-state index is -3.75. The first-order valence-electron chi connectivity index (χ1n) is 12.3. The molecule has 1 saturated heterocycles. The van der Waals surface area contributed by atoms with Crippen LogP contribution in [0.15, 0.2) is 48.8 Å². The minimum Gasteiger partial charge on any atom is -0.489 e. The van der Waals surface area contributed by atoms with E-state index in [0.717, 1.165) is 54.0 Å². The van der Waals surface area contributed by atoms with Crippen LogP contribution in [0.5, 0.6) is 5.75 Å². The number of hydrogen-bond donors (Lipinski definition) is 1. The number of rotatable bonds is 8. The van der Waals surface area contributed by atoms with Gasteiger partial charge in [0.05, 0.1) is 6.54 Å². The Balaban J connectivity index is 1.23. The third-order valence-corrected chi connectivity index (χ3v) is 8.49. The lowest BCUT2D eigenvalue weighted by Gasteiger charge is -2.74. The molecule has 2 bridgehead atoms. The summed E-state index contributed by atoms with van der Waals surface area (Å²) in [6, 6.07) is 9.80. The molecule has 0 radical (unpaired) electrons. The number of nitrogens with zero attached hydrogens (tertiary/aromatic N) is 5. The summed E-state index contributed by atoms with van der Waals surface area (Å²) in [4.78, 5) is 2.21. The van der Waals surface area contributed by atoms with E-state index in [0.29, 0.717) is 6.07 Å². The number of tetrazole rings is 1. The Bertz CT molecular complexity index is 1280. The molecule has 1 aromatic heterocycles. The number of hydrogen-bond acceptors (Lipinski definition) is 6. The second-order valence-corrected chi connectivity index (χ2v) is 11.0. The van der Waals surface area contributed by atoms with Crippen LogP contribution in [0.4, 0.5) is 17.6 Å². The first-order valence-corrected chi connectivity index (χ1v) is 12.3. The number of likely N-dealkylation sites (N-methyl/N-ethyl adjacent to an activating group) is 1. The minimum absolute atomic E-state index is 0.137. The van der Waals surface area contributed by atoms with Crippen LogP contribution in [0.3, 0.4) is 0 Å². The number of alkyl halides is 2. The smallest absolute Gasteiger partial charge is 0.287 e. The summed E-state index contributed by atoms with van der Waals surface area (Å²) >= 11 is 0. The summed E-state index contributed by atoms with van der Waals surface area (Å²) in [6.07, 6.45) is 2.59. The zero-order valence-electron chi connectivity index (χ0n) is 20.2. The van der Waals surface area contributed by atoms with Crippen molar-refractivity contribution < 1.29 is 27.4 Å². The van der Waals surface area contributed by atoms with Gasteiger partial charge in [-0.2, -0.15) is 0 Å². The van der Waals surface area contributed by atoms with Crippen LogP contribution < -0.4 is 4.74 Å². The number of likely N-dealkylation sites (tertiary alicyclic amines) is 1. The van der Waals surface area contributed by atoms with Gasteiger partial charge in [-0.1, -0.05) is 12.1 Å². The van der Waals surface area contributed by atoms with E-state index in [1.165, 1.54) is 0 Å². The van der Waals surface area contributed by atoms with Gasteiger partial charge in [-0.05, 0) is 78.4 Å². The number of aromatic nitrogens is 4. The molecule has 1 N–H and O–H groups in total. The maximum Gasteiger partial charge on any atom is 0.287 e. The van der Waals surface area contributed by atoms with Crippen molar-refractivity contribution in [2.24, 2.45) is 5.41 Å². The lowest BCUT2D eigenvalue weighted by molar-refractivity contribution is -0.347. The molecule has 4 fully saturated rings. The average Bonchev–Trinajstić information content (AvgIpc) is 3.44. The Hall–Kier alpha value is -3.05. The quantitative estimate of drug-likeness (QED) is 0.460. The van der Waals surface area contributed by atoms with Gasteiger partial charge in [-0.3, -0.25) is 0 Å². The van der Waals surface area contributed by atoms with Gasteiger partial charge in [-0.15, -0.1) is 5.10 Å². The molecule has 0 amide bonds. The van der Waals surface area contributed by atoms with E-state index < -0.39 is 46.1 Å². The van der Waals surface area contributed by atoms with Gasteiger partial charge in [-0.25, -0.2) is 22.2 Å². The lowest BCUT2D eigenvalue weighted by Crippen LogP contribution is -2.76. The van der Waals surface area contributed by atoms with Crippen LogP contribution in [0.1, 0.15) is 36.8 Å². The summed E-state index contributed by atoms with van der Waals surface area (Å²) in [5, 5.41) is 21.9. The Morgan fingerprint density at radius 3 is 2.43 bits per heavy atom. The van der Waals surface area contributed by atoms with E-state index in [2.05, 4.69) is 27.5 Å². The third kappa shape index (κ3) is 3.65. The van der Waals surface area contributed by atoms with Crippen molar-refractivity contribution >= 4 is 0 Å². The number of halogens is 4. The van der Waals surface area contributed by atoms with E-state index in [4.69, 9.17) is 4.74 Å². The van der Waals surface area contributed by atoms with Crippen molar-refractivity contribution in [3.05, 3.63) is 71.6 Å². The van der Waals surface area contributed by atoms with E-state index >= 15 is 8.78 Å². The van der Waals surface area contributed by atoms with Crippen LogP contribution in [0, 0.1) is 17.0 Å². The van der Waals surface area contributed by atoms with Crippen molar-refractivity contribution in [3.8, 4) is 5.75 Å². The predicted octanol–water partition coefficient (Wildman–Crippen LogP) is 3.68. The van der Waals surface area contributed by atoms with Gasteiger partial charge in [0, 0.05) is 30.1 Å². The van der Waals surface area contributed by atoms with Gasteiger partial charge in [0.1, 0.15) is 29.8 Å². The van der Waals surface area contributed by atoms with Gasteiger partial charge in [0.25, 0.3) is 5.92 Å². The fourth-order valence-corrected chi connectivity index (χ4v) is 6.60. The van der Waals surface area contributed by atoms with Crippen LogP contribution in [0.2, 0.25) is 0 Å². The highest BCUT2D eigenvalue weighted by Crippen LogP contribution is 2.80. The van der Waals surface area contributed by atoms with Crippen molar-refractivity contribution in [1.29, 1.82) is 0 Å². The molecule has 3 aromatic rings. The molecule has 3 saturated carbocycles. The molecule has 37 heavy (non-hydrogen) atoms. The fourth-order valence-electron chi connectivity index (χ4n) is 6.60. The highest BCUT2D eigenvalue weighted by molar-refractivity contribution is 5.44. The monoisotopic (exact) mass is 517 g/mol. The largest absolute Gasteiger partial charge is 0.489 e. The Labute approximate surface area is 211 Å². The molecule has 2 heterocycles. The number of aliphatic hydroxyl groups is 1. The molecule has 196 valence electrons. The number of ether oxygens (including phenoxy) is 1. The highest BCUT2D eigenvalue weighted by atomic mass is 19.3. The Kier molecular flexibility index (Phi) is 5.40. The zero-order valence-corrected chi connectivity index (χ0v) is 20.2. The van der Waals surface area contributed by atoms with Crippen molar-refractivity contribution in [2.75, 3.05) is 20.1 Å². The zero-order chi connectivity index (χ0) is 26.1. The van der Waals surface area contributed by atoms with Gasteiger partial charge in [0.2, 0.25) is 0 Å². The SMILES string of the molecule is CN1CC[C@@H](Oc2ccc(C34CC(C(F)(F)[C@@](O)(Cn5cnnn5)c5ccc(F)cc5F)(C3)C4)cc2)C1. The van der Waals surface area contributed by atoms with Gasteiger partial charge in [0.15, 0.2) is 5.60 Å². The maximum absolute atomic E-state index is 16.3. The number of benzene rings is 2. The molecule has 2 atom stereocenters. The summed E-state index contributed by atoms with van der Waals surface area (Å²) in [6.45, 7) is 1.07. The standard InChI is InChI=1S/C26H27F4N5O2/c1-34-9-8-20(11-34)37-19-5-2-17(3-6-19)23-12-24(13-23,14-23)26(29,30)25(36,15-35-16-31-32-33-35)21-7-4-18(27)10-22(21)28/h2-7,10,16,20,36H,8-9,11-15H2,1H3/t20-,23?,24?,25-/m1/s1. The van der Waals surface area contributed by atoms with E-state index in [1.807, 2.05) is 24.3 Å². The van der Waals surface area contributed by atoms with Crippen molar-refractivity contribution in [3.63, 3.8) is 0 Å². The topological polar surface area (TPSA) is 76.3 Å². The predicted molar refractivity (Wildman–Crippen MR) is 124 cm³/mol. The third-order valence-electron chi connectivity index (χ3n) is 8.49. The molecule has 4 aliphatic rings. The Morgan fingerprint density at radius 1 is 1.11 bits per heavy atom. The second kappa shape index (κ2) is 8.22. The Morgan fingerprint density at radius 2 is 1.84 bits per heavy atom. The van der Waals surface area contributed by atoms with Crippen LogP contribution in [0.25, 0.3) is 0 Å². The molecule has 0 spiro atoms. The van der Waals surface area contributed by atoms with Crippen molar-refractivity contribution in [2.45, 2.75) is 55.3 Å². The fraction of sp³-hybridized carbons (Fsp3) is 0.500. The molecule has 2 aromatic carbocycles. The molecule has 3 aliphatic carbocycles. The summed E-state index contributed by atoms with van der Waals surface area (Å²) < 4.78 is 67.9. The van der Waals surface area contributed by atoms with Gasteiger partial charge < -0.3 is 14.7 Å². The first-order chi connectivity index (χ1) is 17.6. The van der Waals surface area contributed by atoms with E-state index in [-0.39, 0.29) is 25.4 Å². The van der Waals surface area contributed by atoms with Crippen LogP contribution >= 0.6 is 0 Å². The van der Waals surface area contributed by atoms with Crippen LogP contribution in [-0.2, 0) is 17.6 Å². The summed E-state index contributed by atoms with van der Waals surface area (Å²) in [7, 11) is 2.05. The maximum atomic E-state index is 16.3. The normalized spacial score (nSPS) is 28.9. The molecular formula is C26H27F4N5O2. The van der Waals surface area contributed by atoms with E-state index in [9.17, 15) is 13.9 Å². The second-order valence-electron chi connectivity index (χ2n) is 11.0. The summed E-state index contributed by atoms with van der Waals surface area (Å²) in [5.41, 5.74) is -4.68. The molecule has 7 nitrogen and oxygen atoms in total. The highest BCUT2D eigenvalue weighted by Gasteiger charge is 2.82. The molecule has 1 aliphatic heterocycles. The molecule has 0 unspecified atom stereocenters. The molecular weight excluding hydrogens is 490 g/mol. The van der Waals surface area contributed by atoms with Crippen LogP contribution in [-0.4, -0.2) is 62.4 Å². The average molecular weight is 518 g/mol. The lowest BCUT2D eigenvalue weighted by atomic mass is 9.30. The summed E-state index contributed by atoms with van der Waals surface area (Å²) in [5.74, 6) is -5.17. The van der Waals surface area contributed by atoms with Crippen molar-refractivity contribution in [1.82, 2.24) is 25.1 Å². The molecule has 7 rings (SSSR count). The first kappa shape index (κ1) is 24.3.